The SMILES string of the molecule is C[C@@H](NC(=O)N1CCC(C(=O)O)C1)C1CCCC1. The summed E-state index contributed by atoms with van der Waals surface area (Å²) in [4.78, 5) is 24.5. The van der Waals surface area contributed by atoms with Gasteiger partial charge in [-0.1, -0.05) is 12.8 Å². The van der Waals surface area contributed by atoms with Gasteiger partial charge in [0.25, 0.3) is 0 Å². The van der Waals surface area contributed by atoms with Gasteiger partial charge >= 0.3 is 12.0 Å². The maximum absolute atomic E-state index is 12.0. The van der Waals surface area contributed by atoms with Crippen molar-refractivity contribution in [3.8, 4) is 0 Å². The van der Waals surface area contributed by atoms with Crippen LogP contribution in [0.5, 0.6) is 0 Å². The Kier molecular flexibility index (Phi) is 4.09. The monoisotopic (exact) mass is 254 g/mol. The van der Waals surface area contributed by atoms with Gasteiger partial charge in [-0.15, -0.1) is 0 Å². The van der Waals surface area contributed by atoms with Crippen LogP contribution in [0.15, 0.2) is 0 Å². The van der Waals surface area contributed by atoms with E-state index in [2.05, 4.69) is 12.2 Å². The first-order valence-corrected chi connectivity index (χ1v) is 6.86. The molecule has 1 unspecified atom stereocenters. The van der Waals surface area contributed by atoms with Gasteiger partial charge < -0.3 is 15.3 Å². The summed E-state index contributed by atoms with van der Waals surface area (Å²) >= 11 is 0. The molecule has 2 amide bonds. The van der Waals surface area contributed by atoms with Crippen molar-refractivity contribution >= 4 is 12.0 Å². The lowest BCUT2D eigenvalue weighted by atomic mass is 10.0. The molecule has 2 aliphatic rings. The summed E-state index contributed by atoms with van der Waals surface area (Å²) in [6, 6.07) is 0.0991. The van der Waals surface area contributed by atoms with Crippen molar-refractivity contribution in [1.82, 2.24) is 10.2 Å². The Morgan fingerprint density at radius 1 is 1.28 bits per heavy atom. The highest BCUT2D eigenvalue weighted by Gasteiger charge is 2.32. The van der Waals surface area contributed by atoms with E-state index in [1.54, 1.807) is 4.90 Å². The van der Waals surface area contributed by atoms with Crippen molar-refractivity contribution < 1.29 is 14.7 Å². The summed E-state index contributed by atoms with van der Waals surface area (Å²) < 4.78 is 0. The number of rotatable bonds is 3. The fraction of sp³-hybridized carbons (Fsp3) is 0.846. The van der Waals surface area contributed by atoms with Gasteiger partial charge in [0.15, 0.2) is 0 Å². The number of carboxylic acids is 1. The molecule has 0 spiro atoms. The molecule has 5 nitrogen and oxygen atoms in total. The Morgan fingerprint density at radius 2 is 1.94 bits per heavy atom. The van der Waals surface area contributed by atoms with Gasteiger partial charge in [-0.05, 0) is 32.1 Å². The average molecular weight is 254 g/mol. The van der Waals surface area contributed by atoms with E-state index in [0.717, 1.165) is 0 Å². The molecule has 0 aromatic heterocycles. The van der Waals surface area contributed by atoms with Gasteiger partial charge in [-0.2, -0.15) is 0 Å². The van der Waals surface area contributed by atoms with Gasteiger partial charge in [0.1, 0.15) is 0 Å². The molecule has 0 aromatic rings. The van der Waals surface area contributed by atoms with Crippen LogP contribution in [0.4, 0.5) is 4.79 Å². The minimum atomic E-state index is -0.797. The second-order valence-electron chi connectivity index (χ2n) is 5.55. The quantitative estimate of drug-likeness (QED) is 0.805. The number of carboxylic acid groups (broad SMARTS) is 1. The van der Waals surface area contributed by atoms with E-state index in [0.29, 0.717) is 25.4 Å². The number of carbonyl (C=O) groups is 2. The first-order chi connectivity index (χ1) is 8.58. The van der Waals surface area contributed by atoms with Crippen LogP contribution in [-0.4, -0.2) is 41.1 Å². The van der Waals surface area contributed by atoms with Crippen LogP contribution < -0.4 is 5.32 Å². The predicted molar refractivity (Wildman–Crippen MR) is 67.3 cm³/mol. The third-order valence-corrected chi connectivity index (χ3v) is 4.28. The number of hydrogen-bond donors (Lipinski definition) is 2. The summed E-state index contributed by atoms with van der Waals surface area (Å²) in [5, 5.41) is 11.9. The molecule has 18 heavy (non-hydrogen) atoms. The molecule has 1 aliphatic heterocycles. The van der Waals surface area contributed by atoms with Gasteiger partial charge in [0.05, 0.1) is 5.92 Å². The maximum Gasteiger partial charge on any atom is 0.317 e. The molecule has 2 atom stereocenters. The number of urea groups is 1. The van der Waals surface area contributed by atoms with E-state index in [1.807, 2.05) is 0 Å². The molecule has 1 saturated carbocycles. The Hall–Kier alpha value is -1.26. The first kappa shape index (κ1) is 13.2. The second kappa shape index (κ2) is 5.59. The minimum absolute atomic E-state index is 0.0989. The highest BCUT2D eigenvalue weighted by atomic mass is 16.4. The van der Waals surface area contributed by atoms with Gasteiger partial charge in [0.2, 0.25) is 0 Å². The van der Waals surface area contributed by atoms with E-state index in [4.69, 9.17) is 5.11 Å². The molecule has 2 N–H and O–H groups in total. The predicted octanol–water partition coefficient (Wildman–Crippen LogP) is 1.68. The molecule has 0 aromatic carbocycles. The molecule has 5 heteroatoms. The zero-order valence-electron chi connectivity index (χ0n) is 10.9. The van der Waals surface area contributed by atoms with Crippen LogP contribution >= 0.6 is 0 Å². The summed E-state index contributed by atoms with van der Waals surface area (Å²) in [5.74, 6) is -0.599. The van der Waals surface area contributed by atoms with Gasteiger partial charge in [-0.25, -0.2) is 4.79 Å². The van der Waals surface area contributed by atoms with Crippen LogP contribution in [0.1, 0.15) is 39.0 Å². The third-order valence-electron chi connectivity index (χ3n) is 4.28. The van der Waals surface area contributed by atoms with Crippen molar-refractivity contribution in [2.45, 2.75) is 45.1 Å². The Balaban J connectivity index is 1.79. The van der Waals surface area contributed by atoms with Crippen LogP contribution in [0.3, 0.4) is 0 Å². The number of hydrogen-bond acceptors (Lipinski definition) is 2. The van der Waals surface area contributed by atoms with Crippen molar-refractivity contribution in [2.24, 2.45) is 11.8 Å². The van der Waals surface area contributed by atoms with Gasteiger partial charge in [0, 0.05) is 19.1 Å². The van der Waals surface area contributed by atoms with Crippen molar-refractivity contribution in [3.05, 3.63) is 0 Å². The number of amides is 2. The molecule has 0 bridgehead atoms. The van der Waals surface area contributed by atoms with Crippen LogP contribution in [0, 0.1) is 11.8 Å². The van der Waals surface area contributed by atoms with E-state index in [9.17, 15) is 9.59 Å². The molecule has 102 valence electrons. The summed E-state index contributed by atoms with van der Waals surface area (Å²) in [7, 11) is 0. The normalized spacial score (nSPS) is 26.3. The highest BCUT2D eigenvalue weighted by Crippen LogP contribution is 2.27. The molecule has 2 fully saturated rings. The molecular formula is C13H22N2O3. The number of carbonyl (C=O) groups excluding carboxylic acids is 1. The van der Waals surface area contributed by atoms with E-state index >= 15 is 0 Å². The smallest absolute Gasteiger partial charge is 0.317 e. The standard InChI is InChI=1S/C13H22N2O3/c1-9(10-4-2-3-5-10)14-13(18)15-7-6-11(8-15)12(16)17/h9-11H,2-8H2,1H3,(H,14,18)(H,16,17)/t9-,11?/m1/s1. The van der Waals surface area contributed by atoms with Crippen LogP contribution in [0.25, 0.3) is 0 Å². The number of nitrogens with zero attached hydrogens (tertiary/aromatic N) is 1. The van der Waals surface area contributed by atoms with Gasteiger partial charge in [-0.3, -0.25) is 4.79 Å². The number of likely N-dealkylation sites (tertiary alicyclic amines) is 1. The third kappa shape index (κ3) is 2.94. The summed E-state index contributed by atoms with van der Waals surface area (Å²) in [6.07, 6.45) is 5.48. The van der Waals surface area contributed by atoms with E-state index < -0.39 is 11.9 Å². The average Bonchev–Trinajstić information content (AvgIpc) is 3.00. The first-order valence-electron chi connectivity index (χ1n) is 6.86. The Bertz CT molecular complexity index is 326. The fourth-order valence-electron chi connectivity index (χ4n) is 3.01. The second-order valence-corrected chi connectivity index (χ2v) is 5.55. The topological polar surface area (TPSA) is 69.6 Å². The van der Waals surface area contributed by atoms with E-state index in [1.165, 1.54) is 25.7 Å². The Morgan fingerprint density at radius 3 is 2.50 bits per heavy atom. The molecular weight excluding hydrogens is 232 g/mol. The lowest BCUT2D eigenvalue weighted by Crippen LogP contribution is -2.45. The zero-order chi connectivity index (χ0) is 13.1. The van der Waals surface area contributed by atoms with Crippen LogP contribution in [-0.2, 0) is 4.79 Å². The Labute approximate surface area is 108 Å². The molecule has 1 aliphatic carbocycles. The number of nitrogens with one attached hydrogen (secondary N) is 1. The van der Waals surface area contributed by atoms with E-state index in [-0.39, 0.29) is 12.1 Å². The lowest BCUT2D eigenvalue weighted by Gasteiger charge is -2.24. The molecule has 2 rings (SSSR count). The molecule has 0 radical (unpaired) electrons. The summed E-state index contributed by atoms with van der Waals surface area (Å²) in [5.41, 5.74) is 0. The zero-order valence-corrected chi connectivity index (χ0v) is 10.9. The minimum Gasteiger partial charge on any atom is -0.481 e. The maximum atomic E-state index is 12.0. The molecule has 1 saturated heterocycles. The lowest BCUT2D eigenvalue weighted by molar-refractivity contribution is -0.141. The highest BCUT2D eigenvalue weighted by molar-refractivity contribution is 5.77. The van der Waals surface area contributed by atoms with Crippen molar-refractivity contribution in [1.29, 1.82) is 0 Å². The van der Waals surface area contributed by atoms with Crippen molar-refractivity contribution in [2.75, 3.05) is 13.1 Å². The number of aliphatic carboxylic acids is 1. The fourth-order valence-corrected chi connectivity index (χ4v) is 3.01. The largest absolute Gasteiger partial charge is 0.481 e. The van der Waals surface area contributed by atoms with Crippen LogP contribution in [0.2, 0.25) is 0 Å². The summed E-state index contributed by atoms with van der Waals surface area (Å²) in [6.45, 7) is 2.96. The molecule has 1 heterocycles. The van der Waals surface area contributed by atoms with Crippen molar-refractivity contribution in [3.63, 3.8) is 0 Å².